The van der Waals surface area contributed by atoms with Gasteiger partial charge in [0.05, 0.1) is 0 Å². The first-order valence-electron chi connectivity index (χ1n) is 13.0. The molecule has 0 fully saturated rings. The molecule has 0 bridgehead atoms. The second kappa shape index (κ2) is 20.6. The average molecular weight is 561 g/mol. The standard InChI is InChI=1S/C24H44N6O9/c1-27(37)21(33)11-4-9-19(31)25-15-7-17-30(24(36)14-6-13-23(35)29(3)39)18-8-16-26-20(32)10-5-12-22(34)28(2)38/h37-39H,4-18H2,1-3H3,(H,25,31)(H,26,32). The summed E-state index contributed by atoms with van der Waals surface area (Å²) in [6, 6.07) is 0. The second-order valence-corrected chi connectivity index (χ2v) is 9.10. The van der Waals surface area contributed by atoms with Crippen molar-refractivity contribution in [2.75, 3.05) is 47.3 Å². The van der Waals surface area contributed by atoms with Crippen molar-refractivity contribution in [3.63, 3.8) is 0 Å². The quantitative estimate of drug-likeness (QED) is 0.0765. The van der Waals surface area contributed by atoms with Crippen LogP contribution in [0.3, 0.4) is 0 Å². The molecule has 0 aromatic rings. The fraction of sp³-hybridized carbons (Fsp3) is 0.750. The molecule has 0 unspecified atom stereocenters. The van der Waals surface area contributed by atoms with Gasteiger partial charge in [-0.3, -0.25) is 44.4 Å². The first kappa shape index (κ1) is 35.7. The molecule has 0 radical (unpaired) electrons. The van der Waals surface area contributed by atoms with Crippen molar-refractivity contribution in [1.82, 2.24) is 30.7 Å². The molecule has 0 saturated carbocycles. The van der Waals surface area contributed by atoms with Gasteiger partial charge in [-0.15, -0.1) is 0 Å². The van der Waals surface area contributed by atoms with Crippen molar-refractivity contribution in [2.45, 2.75) is 70.6 Å². The van der Waals surface area contributed by atoms with Crippen LogP contribution in [0.2, 0.25) is 0 Å². The van der Waals surface area contributed by atoms with Crippen molar-refractivity contribution < 1.29 is 44.4 Å². The zero-order valence-electron chi connectivity index (χ0n) is 23.2. The monoisotopic (exact) mass is 560 g/mol. The molecule has 0 atom stereocenters. The van der Waals surface area contributed by atoms with E-state index >= 15 is 0 Å². The number of nitrogens with zero attached hydrogens (tertiary/aromatic N) is 4. The molecular formula is C24H44N6O9. The van der Waals surface area contributed by atoms with E-state index in [4.69, 9.17) is 15.6 Å². The topological polar surface area (TPSA) is 200 Å². The summed E-state index contributed by atoms with van der Waals surface area (Å²) in [5.74, 6) is -2.15. The van der Waals surface area contributed by atoms with Gasteiger partial charge in [0.25, 0.3) is 0 Å². The van der Waals surface area contributed by atoms with E-state index in [1.807, 2.05) is 0 Å². The number of amides is 6. The summed E-state index contributed by atoms with van der Waals surface area (Å²) >= 11 is 0. The third-order valence-electron chi connectivity index (χ3n) is 5.66. The first-order valence-corrected chi connectivity index (χ1v) is 13.0. The molecule has 0 heterocycles. The number of rotatable bonds is 20. The van der Waals surface area contributed by atoms with Crippen molar-refractivity contribution in [1.29, 1.82) is 0 Å². The lowest BCUT2D eigenvalue weighted by Gasteiger charge is -2.23. The van der Waals surface area contributed by atoms with Crippen molar-refractivity contribution in [3.8, 4) is 0 Å². The highest BCUT2D eigenvalue weighted by atomic mass is 16.5. The Kier molecular flexibility index (Phi) is 18.9. The van der Waals surface area contributed by atoms with Crippen LogP contribution in [0.15, 0.2) is 0 Å². The Balaban J connectivity index is 4.52. The maximum absolute atomic E-state index is 12.7. The minimum absolute atomic E-state index is 0.0157. The molecule has 0 spiro atoms. The Bertz CT molecular complexity index is 759. The van der Waals surface area contributed by atoms with E-state index in [-0.39, 0.29) is 62.7 Å². The third-order valence-corrected chi connectivity index (χ3v) is 5.66. The molecule has 5 N–H and O–H groups in total. The van der Waals surface area contributed by atoms with E-state index in [2.05, 4.69) is 10.6 Å². The summed E-state index contributed by atoms with van der Waals surface area (Å²) in [7, 11) is 3.65. The molecule has 0 aliphatic heterocycles. The SMILES string of the molecule is CN(O)C(=O)CCCC(=O)NCCCN(CCCNC(=O)CCCC(=O)N(C)O)C(=O)CCCC(=O)N(C)O. The Morgan fingerprint density at radius 2 is 0.795 bits per heavy atom. The summed E-state index contributed by atoms with van der Waals surface area (Å²) in [4.78, 5) is 72.4. The van der Waals surface area contributed by atoms with E-state index in [0.29, 0.717) is 67.1 Å². The summed E-state index contributed by atoms with van der Waals surface area (Å²) in [6.07, 6.45) is 2.24. The third kappa shape index (κ3) is 18.6. The van der Waals surface area contributed by atoms with Gasteiger partial charge in [0, 0.05) is 85.8 Å². The number of carbonyl (C=O) groups is 6. The number of nitrogens with one attached hydrogen (secondary N) is 2. The van der Waals surface area contributed by atoms with Crippen molar-refractivity contribution in [3.05, 3.63) is 0 Å². The fourth-order valence-electron chi connectivity index (χ4n) is 3.37. The van der Waals surface area contributed by atoms with Gasteiger partial charge in [-0.2, -0.15) is 0 Å². The second-order valence-electron chi connectivity index (χ2n) is 9.10. The molecule has 0 aliphatic carbocycles. The molecule has 0 rings (SSSR count). The normalized spacial score (nSPS) is 10.4. The van der Waals surface area contributed by atoms with Crippen LogP contribution < -0.4 is 10.6 Å². The molecule has 0 aliphatic rings. The lowest BCUT2D eigenvalue weighted by atomic mass is 10.2. The fourth-order valence-corrected chi connectivity index (χ4v) is 3.37. The highest BCUT2D eigenvalue weighted by Crippen LogP contribution is 2.05. The van der Waals surface area contributed by atoms with Crippen molar-refractivity contribution in [2.24, 2.45) is 0 Å². The Morgan fingerprint density at radius 1 is 0.487 bits per heavy atom. The van der Waals surface area contributed by atoms with E-state index in [9.17, 15) is 28.8 Å². The molecule has 15 nitrogen and oxygen atoms in total. The smallest absolute Gasteiger partial charge is 0.245 e. The van der Waals surface area contributed by atoms with Gasteiger partial charge >= 0.3 is 0 Å². The minimum atomic E-state index is -0.501. The van der Waals surface area contributed by atoms with Crippen LogP contribution in [0.4, 0.5) is 0 Å². The maximum atomic E-state index is 12.7. The summed E-state index contributed by atoms with van der Waals surface area (Å²) in [5, 5.41) is 34.1. The molecular weight excluding hydrogens is 516 g/mol. The maximum Gasteiger partial charge on any atom is 0.245 e. The van der Waals surface area contributed by atoms with Crippen LogP contribution in [-0.2, 0) is 28.8 Å². The molecule has 39 heavy (non-hydrogen) atoms. The van der Waals surface area contributed by atoms with Gasteiger partial charge in [-0.1, -0.05) is 0 Å². The zero-order chi connectivity index (χ0) is 29.8. The van der Waals surface area contributed by atoms with Crippen LogP contribution in [0.5, 0.6) is 0 Å². The number of hydrogen-bond donors (Lipinski definition) is 5. The van der Waals surface area contributed by atoms with Crippen LogP contribution in [0.25, 0.3) is 0 Å². The van der Waals surface area contributed by atoms with E-state index in [1.54, 1.807) is 4.90 Å². The van der Waals surface area contributed by atoms with Gasteiger partial charge in [0.2, 0.25) is 35.4 Å². The lowest BCUT2D eigenvalue weighted by molar-refractivity contribution is -0.159. The van der Waals surface area contributed by atoms with Crippen LogP contribution in [0.1, 0.15) is 70.6 Å². The zero-order valence-corrected chi connectivity index (χ0v) is 23.2. The predicted octanol–water partition coefficient (Wildman–Crippen LogP) is -0.119. The molecule has 15 heteroatoms. The minimum Gasteiger partial charge on any atom is -0.356 e. The van der Waals surface area contributed by atoms with E-state index in [1.165, 1.54) is 21.1 Å². The molecule has 0 aromatic carbocycles. The van der Waals surface area contributed by atoms with Crippen LogP contribution in [-0.4, -0.2) is 118 Å². The number of hydrogen-bond acceptors (Lipinski definition) is 9. The summed E-state index contributed by atoms with van der Waals surface area (Å²) in [6.45, 7) is 1.29. The lowest BCUT2D eigenvalue weighted by Crippen LogP contribution is -2.37. The van der Waals surface area contributed by atoms with Gasteiger partial charge < -0.3 is 15.5 Å². The van der Waals surface area contributed by atoms with Crippen molar-refractivity contribution >= 4 is 35.4 Å². The van der Waals surface area contributed by atoms with Crippen LogP contribution >= 0.6 is 0 Å². The Labute approximate surface area is 228 Å². The highest BCUT2D eigenvalue weighted by Gasteiger charge is 2.15. The van der Waals surface area contributed by atoms with Crippen LogP contribution in [0, 0.1) is 0 Å². The highest BCUT2D eigenvalue weighted by molar-refractivity contribution is 5.79. The molecule has 224 valence electrons. The number of hydroxylamine groups is 6. The van der Waals surface area contributed by atoms with Gasteiger partial charge in [-0.25, -0.2) is 15.2 Å². The molecule has 0 aromatic heterocycles. The molecule has 0 saturated heterocycles. The first-order chi connectivity index (χ1) is 18.3. The summed E-state index contributed by atoms with van der Waals surface area (Å²) < 4.78 is 0. The van der Waals surface area contributed by atoms with Gasteiger partial charge in [0.1, 0.15) is 0 Å². The van der Waals surface area contributed by atoms with E-state index < -0.39 is 17.7 Å². The van der Waals surface area contributed by atoms with Gasteiger partial charge in [0.15, 0.2) is 0 Å². The Hall–Kier alpha value is -3.30. The summed E-state index contributed by atoms with van der Waals surface area (Å²) in [5.41, 5.74) is 0. The molecule has 6 amide bonds. The predicted molar refractivity (Wildman–Crippen MR) is 137 cm³/mol. The largest absolute Gasteiger partial charge is 0.356 e. The van der Waals surface area contributed by atoms with E-state index in [0.717, 1.165) is 0 Å². The number of carbonyl (C=O) groups excluding carboxylic acids is 6. The van der Waals surface area contributed by atoms with Gasteiger partial charge in [-0.05, 0) is 32.1 Å². The Morgan fingerprint density at radius 3 is 1.13 bits per heavy atom. The average Bonchev–Trinajstić information content (AvgIpc) is 2.86.